The first kappa shape index (κ1) is 17.0. The lowest BCUT2D eigenvalue weighted by molar-refractivity contribution is 0.0894. The van der Waals surface area contributed by atoms with Gasteiger partial charge < -0.3 is 25.2 Å². The Hall–Kier alpha value is -2.89. The van der Waals surface area contributed by atoms with Crippen molar-refractivity contribution in [3.63, 3.8) is 0 Å². The molecule has 1 aliphatic rings. The van der Waals surface area contributed by atoms with Crippen molar-refractivity contribution in [2.75, 3.05) is 18.8 Å². The lowest BCUT2D eigenvalue weighted by Gasteiger charge is -2.30. The van der Waals surface area contributed by atoms with Gasteiger partial charge in [0.2, 0.25) is 0 Å². The van der Waals surface area contributed by atoms with Crippen molar-refractivity contribution in [2.24, 2.45) is 0 Å². The fraction of sp³-hybridized carbons (Fsp3) is 0.316. The predicted molar refractivity (Wildman–Crippen MR) is 94.9 cm³/mol. The highest BCUT2D eigenvalue weighted by Gasteiger charge is 2.23. The molecule has 6 heteroatoms. The Morgan fingerprint density at radius 1 is 1.08 bits per heavy atom. The fourth-order valence-corrected chi connectivity index (χ4v) is 2.80. The number of piperidine rings is 1. The Balaban J connectivity index is 1.49. The summed E-state index contributed by atoms with van der Waals surface area (Å²) < 4.78 is 11.7. The highest BCUT2D eigenvalue weighted by molar-refractivity contribution is 5.65. The molecule has 6 nitrogen and oxygen atoms in total. The highest BCUT2D eigenvalue weighted by atomic mass is 16.5. The number of para-hydroxylation sites is 1. The molecular weight excluding hydrogens is 320 g/mol. The minimum Gasteiger partial charge on any atom is -0.490 e. The topological polar surface area (TPSA) is 85.0 Å². The van der Waals surface area contributed by atoms with E-state index in [-0.39, 0.29) is 6.10 Å². The van der Waals surface area contributed by atoms with Crippen molar-refractivity contribution in [3.8, 4) is 11.5 Å². The standard InChI is InChI=1S/C19H22N2O4/c20-18-4-2-1-3-14(18)13-24-15-5-7-16(8-6-15)25-17-9-11-21(12-10-17)19(22)23/h1-8,17H,9-13,20H2,(H,22,23). The van der Waals surface area contributed by atoms with Crippen molar-refractivity contribution in [1.82, 2.24) is 4.90 Å². The summed E-state index contributed by atoms with van der Waals surface area (Å²) in [4.78, 5) is 12.3. The molecule has 3 N–H and O–H groups in total. The maximum absolute atomic E-state index is 10.9. The summed E-state index contributed by atoms with van der Waals surface area (Å²) in [6.45, 7) is 1.44. The third-order valence-electron chi connectivity index (χ3n) is 4.29. The van der Waals surface area contributed by atoms with Crippen LogP contribution >= 0.6 is 0 Å². The molecule has 2 aromatic carbocycles. The van der Waals surface area contributed by atoms with Crippen LogP contribution in [0.5, 0.6) is 11.5 Å². The maximum Gasteiger partial charge on any atom is 0.407 e. The van der Waals surface area contributed by atoms with Gasteiger partial charge in [0.1, 0.15) is 24.2 Å². The van der Waals surface area contributed by atoms with Crippen LogP contribution in [-0.2, 0) is 6.61 Å². The van der Waals surface area contributed by atoms with Gasteiger partial charge in [0.25, 0.3) is 0 Å². The average Bonchev–Trinajstić information content (AvgIpc) is 2.63. The molecule has 0 saturated carbocycles. The van der Waals surface area contributed by atoms with E-state index < -0.39 is 6.09 Å². The number of hydrogen-bond donors (Lipinski definition) is 2. The Morgan fingerprint density at radius 2 is 1.72 bits per heavy atom. The first-order valence-electron chi connectivity index (χ1n) is 8.32. The molecule has 0 unspecified atom stereocenters. The number of nitrogens with zero attached hydrogens (tertiary/aromatic N) is 1. The van der Waals surface area contributed by atoms with Crippen LogP contribution in [0.3, 0.4) is 0 Å². The number of likely N-dealkylation sites (tertiary alicyclic amines) is 1. The SMILES string of the molecule is Nc1ccccc1COc1ccc(OC2CCN(C(=O)O)CC2)cc1. The fourth-order valence-electron chi connectivity index (χ4n) is 2.80. The minimum absolute atomic E-state index is 0.0477. The van der Waals surface area contributed by atoms with E-state index in [1.54, 1.807) is 0 Å². The first-order chi connectivity index (χ1) is 12.1. The normalized spacial score (nSPS) is 15.0. The van der Waals surface area contributed by atoms with Crippen molar-refractivity contribution in [1.29, 1.82) is 0 Å². The summed E-state index contributed by atoms with van der Waals surface area (Å²) in [5.41, 5.74) is 7.57. The van der Waals surface area contributed by atoms with Crippen LogP contribution in [0.2, 0.25) is 0 Å². The molecule has 1 aliphatic heterocycles. The van der Waals surface area contributed by atoms with Crippen LogP contribution in [0.4, 0.5) is 10.5 Å². The van der Waals surface area contributed by atoms with Gasteiger partial charge in [-0.25, -0.2) is 4.79 Å². The second-order valence-corrected chi connectivity index (χ2v) is 6.05. The molecule has 3 rings (SSSR count). The number of rotatable bonds is 5. The van der Waals surface area contributed by atoms with E-state index in [2.05, 4.69) is 0 Å². The van der Waals surface area contributed by atoms with E-state index in [9.17, 15) is 4.79 Å². The quantitative estimate of drug-likeness (QED) is 0.814. The van der Waals surface area contributed by atoms with Crippen LogP contribution in [0.1, 0.15) is 18.4 Å². The summed E-state index contributed by atoms with van der Waals surface area (Å²) in [6, 6.07) is 15.1. The van der Waals surface area contributed by atoms with Crippen LogP contribution in [0, 0.1) is 0 Å². The maximum atomic E-state index is 10.9. The van der Waals surface area contributed by atoms with Crippen LogP contribution in [0.25, 0.3) is 0 Å². The molecular formula is C19H22N2O4. The summed E-state index contributed by atoms with van der Waals surface area (Å²) in [5, 5.41) is 8.96. The van der Waals surface area contributed by atoms with Gasteiger partial charge in [-0.05, 0) is 30.3 Å². The highest BCUT2D eigenvalue weighted by Crippen LogP contribution is 2.23. The Morgan fingerprint density at radius 3 is 2.36 bits per heavy atom. The molecule has 1 amide bonds. The van der Waals surface area contributed by atoms with Crippen molar-refractivity contribution in [3.05, 3.63) is 54.1 Å². The third kappa shape index (κ3) is 4.56. The van der Waals surface area contributed by atoms with E-state index in [1.165, 1.54) is 4.90 Å². The van der Waals surface area contributed by atoms with E-state index in [1.807, 2.05) is 48.5 Å². The van der Waals surface area contributed by atoms with E-state index in [4.69, 9.17) is 20.3 Å². The molecule has 0 radical (unpaired) electrons. The largest absolute Gasteiger partial charge is 0.490 e. The Kier molecular flexibility index (Phi) is 5.28. The summed E-state index contributed by atoms with van der Waals surface area (Å²) >= 11 is 0. The summed E-state index contributed by atoms with van der Waals surface area (Å²) in [6.07, 6.45) is 0.598. The van der Waals surface area contributed by atoms with Gasteiger partial charge in [-0.15, -0.1) is 0 Å². The zero-order valence-electron chi connectivity index (χ0n) is 13.9. The zero-order valence-corrected chi connectivity index (χ0v) is 13.9. The molecule has 2 aromatic rings. The van der Waals surface area contributed by atoms with Gasteiger partial charge in [0.05, 0.1) is 0 Å². The number of amides is 1. The number of ether oxygens (including phenoxy) is 2. The molecule has 0 spiro atoms. The number of carboxylic acid groups (broad SMARTS) is 1. The Bertz CT molecular complexity index is 710. The van der Waals surface area contributed by atoms with Gasteiger partial charge in [-0.1, -0.05) is 18.2 Å². The molecule has 1 saturated heterocycles. The number of benzene rings is 2. The molecule has 0 aliphatic carbocycles. The van der Waals surface area contributed by atoms with Crippen LogP contribution in [-0.4, -0.2) is 35.3 Å². The summed E-state index contributed by atoms with van der Waals surface area (Å²) in [7, 11) is 0. The predicted octanol–water partition coefficient (Wildman–Crippen LogP) is 3.37. The molecule has 132 valence electrons. The smallest absolute Gasteiger partial charge is 0.407 e. The minimum atomic E-state index is -0.862. The molecule has 25 heavy (non-hydrogen) atoms. The zero-order chi connectivity index (χ0) is 17.6. The van der Waals surface area contributed by atoms with Crippen molar-refractivity contribution in [2.45, 2.75) is 25.6 Å². The number of carbonyl (C=O) groups is 1. The van der Waals surface area contributed by atoms with E-state index >= 15 is 0 Å². The second-order valence-electron chi connectivity index (χ2n) is 6.05. The van der Waals surface area contributed by atoms with Gasteiger partial charge in [0.15, 0.2) is 0 Å². The molecule has 1 heterocycles. The molecule has 0 atom stereocenters. The summed E-state index contributed by atoms with van der Waals surface area (Å²) in [5.74, 6) is 1.51. The first-order valence-corrected chi connectivity index (χ1v) is 8.32. The van der Waals surface area contributed by atoms with Crippen LogP contribution < -0.4 is 15.2 Å². The number of anilines is 1. The second kappa shape index (κ2) is 7.79. The van der Waals surface area contributed by atoms with Gasteiger partial charge in [0, 0.05) is 37.2 Å². The lowest BCUT2D eigenvalue weighted by atomic mass is 10.1. The number of hydrogen-bond acceptors (Lipinski definition) is 4. The molecule has 0 bridgehead atoms. The Labute approximate surface area is 146 Å². The molecule has 0 aromatic heterocycles. The van der Waals surface area contributed by atoms with Gasteiger partial charge in [-0.2, -0.15) is 0 Å². The van der Waals surface area contributed by atoms with Crippen molar-refractivity contribution >= 4 is 11.8 Å². The van der Waals surface area contributed by atoms with Crippen LogP contribution in [0.15, 0.2) is 48.5 Å². The van der Waals surface area contributed by atoms with Gasteiger partial charge in [-0.3, -0.25) is 0 Å². The average molecular weight is 342 g/mol. The molecule has 1 fully saturated rings. The third-order valence-corrected chi connectivity index (χ3v) is 4.29. The lowest BCUT2D eigenvalue weighted by Crippen LogP contribution is -2.41. The van der Waals surface area contributed by atoms with E-state index in [0.717, 1.165) is 22.7 Å². The number of nitrogen functional groups attached to an aromatic ring is 1. The number of nitrogens with two attached hydrogens (primary N) is 1. The van der Waals surface area contributed by atoms with Crippen molar-refractivity contribution < 1.29 is 19.4 Å². The van der Waals surface area contributed by atoms with E-state index in [0.29, 0.717) is 32.5 Å². The van der Waals surface area contributed by atoms with Gasteiger partial charge >= 0.3 is 6.09 Å². The monoisotopic (exact) mass is 342 g/mol.